The van der Waals surface area contributed by atoms with Gasteiger partial charge in [-0.15, -0.1) is 22.9 Å². The molecule has 17 heavy (non-hydrogen) atoms. The summed E-state index contributed by atoms with van der Waals surface area (Å²) in [6.45, 7) is 9.08. The van der Waals surface area contributed by atoms with Crippen molar-refractivity contribution in [1.82, 2.24) is 0 Å². The summed E-state index contributed by atoms with van der Waals surface area (Å²) in [6, 6.07) is 2.04. The van der Waals surface area contributed by atoms with Crippen LogP contribution in [0.15, 0.2) is 10.5 Å². The van der Waals surface area contributed by atoms with Crippen molar-refractivity contribution in [2.45, 2.75) is 45.9 Å². The molecular formula is C13H19BrCl2S. The number of hydrogen-bond acceptors (Lipinski definition) is 1. The summed E-state index contributed by atoms with van der Waals surface area (Å²) in [6.07, 6.45) is 2.19. The minimum atomic E-state index is 0.0705. The van der Waals surface area contributed by atoms with Crippen LogP contribution in [0.1, 0.15) is 50.8 Å². The van der Waals surface area contributed by atoms with E-state index in [2.05, 4.69) is 43.6 Å². The fraction of sp³-hybridized carbons (Fsp3) is 0.692. The fourth-order valence-corrected chi connectivity index (χ4v) is 4.34. The van der Waals surface area contributed by atoms with Gasteiger partial charge in [-0.1, -0.05) is 39.3 Å². The average molecular weight is 358 g/mol. The molecule has 98 valence electrons. The Hall–Kier alpha value is 0.760. The van der Waals surface area contributed by atoms with Gasteiger partial charge in [-0.2, -0.15) is 0 Å². The van der Waals surface area contributed by atoms with E-state index < -0.39 is 0 Å². The molecule has 0 amide bonds. The lowest BCUT2D eigenvalue weighted by atomic mass is 9.83. The van der Waals surface area contributed by atoms with Crippen molar-refractivity contribution in [2.75, 3.05) is 0 Å². The first-order chi connectivity index (χ1) is 7.69. The minimum absolute atomic E-state index is 0.0705. The van der Waals surface area contributed by atoms with E-state index in [1.165, 1.54) is 6.42 Å². The quantitative estimate of drug-likeness (QED) is 0.513. The van der Waals surface area contributed by atoms with Crippen LogP contribution in [0.5, 0.6) is 0 Å². The van der Waals surface area contributed by atoms with Crippen molar-refractivity contribution < 1.29 is 0 Å². The van der Waals surface area contributed by atoms with Crippen molar-refractivity contribution in [3.05, 3.63) is 19.8 Å². The van der Waals surface area contributed by atoms with Gasteiger partial charge in [0.25, 0.3) is 0 Å². The second-order valence-corrected chi connectivity index (χ2v) is 8.91. The molecule has 1 rings (SSSR count). The van der Waals surface area contributed by atoms with Crippen molar-refractivity contribution in [2.24, 2.45) is 11.3 Å². The summed E-state index contributed by atoms with van der Waals surface area (Å²) in [5.41, 5.74) is 0.365. The third-order valence-electron chi connectivity index (χ3n) is 2.54. The Bertz CT molecular complexity index is 348. The minimum Gasteiger partial charge on any atom is -0.126 e. The zero-order valence-corrected chi connectivity index (χ0v) is 14.6. The molecule has 0 aliphatic rings. The maximum Gasteiger partial charge on any atom is 0.107 e. The molecule has 1 aromatic rings. The van der Waals surface area contributed by atoms with E-state index in [4.69, 9.17) is 23.2 Å². The van der Waals surface area contributed by atoms with Crippen molar-refractivity contribution in [3.63, 3.8) is 0 Å². The Kier molecular flexibility index (Phi) is 5.84. The van der Waals surface area contributed by atoms with Crippen LogP contribution in [-0.4, -0.2) is 0 Å². The third kappa shape index (κ3) is 5.50. The Balaban J connectivity index is 2.57. The molecule has 1 aromatic heterocycles. The highest BCUT2D eigenvalue weighted by atomic mass is 79.9. The highest BCUT2D eigenvalue weighted by Gasteiger charge is 2.20. The summed E-state index contributed by atoms with van der Waals surface area (Å²) in [5.74, 6) is 0.622. The molecule has 2 atom stereocenters. The van der Waals surface area contributed by atoms with Crippen LogP contribution in [0.4, 0.5) is 0 Å². The van der Waals surface area contributed by atoms with Gasteiger partial charge in [-0.05, 0) is 46.2 Å². The van der Waals surface area contributed by atoms with Gasteiger partial charge in [0.1, 0.15) is 4.34 Å². The van der Waals surface area contributed by atoms with Crippen LogP contribution < -0.4 is 0 Å². The van der Waals surface area contributed by atoms with E-state index >= 15 is 0 Å². The van der Waals surface area contributed by atoms with Gasteiger partial charge < -0.3 is 0 Å². The van der Waals surface area contributed by atoms with Crippen LogP contribution in [0.3, 0.4) is 0 Å². The molecule has 0 saturated carbocycles. The summed E-state index contributed by atoms with van der Waals surface area (Å²) in [5, 5.41) is 0.0705. The van der Waals surface area contributed by atoms with Crippen LogP contribution in [0, 0.1) is 11.3 Å². The molecule has 0 nitrogen and oxygen atoms in total. The molecule has 0 fully saturated rings. The predicted molar refractivity (Wildman–Crippen MR) is 83.5 cm³/mol. The lowest BCUT2D eigenvalue weighted by Crippen LogP contribution is -2.12. The van der Waals surface area contributed by atoms with Gasteiger partial charge in [-0.25, -0.2) is 0 Å². The summed E-state index contributed by atoms with van der Waals surface area (Å²) in [7, 11) is 0. The largest absolute Gasteiger partial charge is 0.126 e. The van der Waals surface area contributed by atoms with E-state index in [1.54, 1.807) is 11.3 Å². The third-order valence-corrected chi connectivity index (χ3v) is 5.67. The van der Waals surface area contributed by atoms with Crippen molar-refractivity contribution in [3.8, 4) is 0 Å². The van der Waals surface area contributed by atoms with E-state index in [0.29, 0.717) is 11.3 Å². The maximum atomic E-state index is 6.45. The van der Waals surface area contributed by atoms with E-state index in [1.807, 2.05) is 6.07 Å². The molecule has 0 N–H and O–H groups in total. The van der Waals surface area contributed by atoms with Crippen molar-refractivity contribution in [1.29, 1.82) is 0 Å². The second kappa shape index (κ2) is 6.27. The van der Waals surface area contributed by atoms with Gasteiger partial charge in [0, 0.05) is 9.35 Å². The Morgan fingerprint density at radius 3 is 2.41 bits per heavy atom. The lowest BCUT2D eigenvalue weighted by Gasteiger charge is -2.24. The van der Waals surface area contributed by atoms with Crippen LogP contribution >= 0.6 is 50.5 Å². The monoisotopic (exact) mass is 356 g/mol. The van der Waals surface area contributed by atoms with Crippen molar-refractivity contribution >= 4 is 50.5 Å². The molecule has 0 saturated heterocycles. The summed E-state index contributed by atoms with van der Waals surface area (Å²) >= 11 is 17.5. The van der Waals surface area contributed by atoms with E-state index in [-0.39, 0.29) is 5.38 Å². The standard InChI is InChI=1S/C13H19BrCl2S/c1-8(7-13(2,3)4)5-10(15)11-6-9(14)12(16)17-11/h6,8,10H,5,7H2,1-4H3. The van der Waals surface area contributed by atoms with Gasteiger partial charge in [-0.3, -0.25) is 0 Å². The molecule has 0 bridgehead atoms. The first kappa shape index (κ1) is 15.8. The number of rotatable bonds is 4. The molecule has 2 unspecified atom stereocenters. The molecule has 0 aliphatic heterocycles. The molecule has 0 aromatic carbocycles. The summed E-state index contributed by atoms with van der Waals surface area (Å²) < 4.78 is 1.74. The molecular weight excluding hydrogens is 339 g/mol. The van der Waals surface area contributed by atoms with Gasteiger partial charge >= 0.3 is 0 Å². The topological polar surface area (TPSA) is 0 Å². The molecule has 4 heteroatoms. The van der Waals surface area contributed by atoms with E-state index in [0.717, 1.165) is 20.1 Å². The molecule has 0 spiro atoms. The number of thiophene rings is 1. The van der Waals surface area contributed by atoms with Crippen LogP contribution in [0.25, 0.3) is 0 Å². The zero-order valence-electron chi connectivity index (χ0n) is 10.7. The molecule has 0 aliphatic carbocycles. The van der Waals surface area contributed by atoms with Crippen LogP contribution in [-0.2, 0) is 0 Å². The lowest BCUT2D eigenvalue weighted by molar-refractivity contribution is 0.295. The molecule has 0 radical (unpaired) electrons. The van der Waals surface area contributed by atoms with Gasteiger partial charge in [0.05, 0.1) is 5.38 Å². The van der Waals surface area contributed by atoms with Gasteiger partial charge in [0.15, 0.2) is 0 Å². The smallest absolute Gasteiger partial charge is 0.107 e. The summed E-state index contributed by atoms with van der Waals surface area (Å²) in [4.78, 5) is 1.16. The maximum absolute atomic E-state index is 6.45. The van der Waals surface area contributed by atoms with Gasteiger partial charge in [0.2, 0.25) is 0 Å². The Labute approximate surface area is 127 Å². The average Bonchev–Trinajstić information content (AvgIpc) is 2.43. The molecule has 1 heterocycles. The number of hydrogen-bond donors (Lipinski definition) is 0. The number of halogens is 3. The first-order valence-electron chi connectivity index (χ1n) is 5.78. The highest BCUT2D eigenvalue weighted by molar-refractivity contribution is 9.10. The fourth-order valence-electron chi connectivity index (χ4n) is 2.12. The number of alkyl halides is 1. The zero-order chi connectivity index (χ0) is 13.2. The Morgan fingerprint density at radius 1 is 1.41 bits per heavy atom. The Morgan fingerprint density at radius 2 is 2.00 bits per heavy atom. The second-order valence-electron chi connectivity index (χ2n) is 5.84. The first-order valence-corrected chi connectivity index (χ1v) is 8.20. The SMILES string of the molecule is CC(CC(Cl)c1cc(Br)c(Cl)s1)CC(C)(C)C. The normalized spacial score (nSPS) is 15.9. The highest BCUT2D eigenvalue weighted by Crippen LogP contribution is 2.41. The van der Waals surface area contributed by atoms with E-state index in [9.17, 15) is 0 Å². The van der Waals surface area contributed by atoms with Crippen LogP contribution in [0.2, 0.25) is 4.34 Å². The predicted octanol–water partition coefficient (Wildman–Crippen LogP) is 6.91.